The number of thiophene rings is 1. The van der Waals surface area contributed by atoms with Crippen molar-refractivity contribution in [3.63, 3.8) is 0 Å². The van der Waals surface area contributed by atoms with Gasteiger partial charge in [-0.15, -0.1) is 17.9 Å². The molecule has 0 N–H and O–H groups in total. The molecule has 2 aromatic heterocycles. The van der Waals surface area contributed by atoms with Crippen LogP contribution in [0.15, 0.2) is 152 Å². The van der Waals surface area contributed by atoms with Gasteiger partial charge in [0, 0.05) is 26.5 Å². The third-order valence-electron chi connectivity index (χ3n) is 9.36. The molecule has 0 aliphatic carbocycles. The van der Waals surface area contributed by atoms with Gasteiger partial charge < -0.3 is 4.57 Å². The maximum Gasteiger partial charge on any atom is 0.0734 e. The number of fused-ring (bicyclic) bond motifs is 10. The van der Waals surface area contributed by atoms with Crippen molar-refractivity contribution in [2.24, 2.45) is 0 Å². The highest BCUT2D eigenvalue weighted by Crippen LogP contribution is 2.48. The lowest BCUT2D eigenvalue weighted by Gasteiger charge is -2.15. The van der Waals surface area contributed by atoms with Crippen molar-refractivity contribution in [2.75, 3.05) is 0 Å². The minimum absolute atomic E-state index is 1.18. The summed E-state index contributed by atoms with van der Waals surface area (Å²) in [5.74, 6) is 0. The van der Waals surface area contributed by atoms with E-state index in [9.17, 15) is 0 Å². The Labute approximate surface area is 279 Å². The van der Waals surface area contributed by atoms with Crippen LogP contribution in [0.3, 0.4) is 0 Å². The Hall–Kier alpha value is -5.44. The van der Waals surface area contributed by atoms with Crippen LogP contribution in [0.1, 0.15) is 18.1 Å². The molecule has 0 bridgehead atoms. The van der Waals surface area contributed by atoms with Gasteiger partial charge in [0.05, 0.1) is 15.7 Å². The Morgan fingerprint density at radius 3 is 1.81 bits per heavy atom. The van der Waals surface area contributed by atoms with E-state index >= 15 is 0 Å². The zero-order valence-corrected chi connectivity index (χ0v) is 27.7. The van der Waals surface area contributed by atoms with Gasteiger partial charge in [-0.05, 0) is 88.5 Å². The van der Waals surface area contributed by atoms with Gasteiger partial charge >= 0.3 is 0 Å². The van der Waals surface area contributed by atoms with Gasteiger partial charge in [-0.25, -0.2) is 0 Å². The van der Waals surface area contributed by atoms with Crippen molar-refractivity contribution in [3.05, 3.63) is 163 Å². The van der Waals surface area contributed by atoms with Crippen molar-refractivity contribution in [1.29, 1.82) is 0 Å². The third kappa shape index (κ3) is 4.60. The minimum atomic E-state index is 1.18. The lowest BCUT2D eigenvalue weighted by Crippen LogP contribution is -1.95. The minimum Gasteiger partial charge on any atom is -0.308 e. The molecule has 226 valence electrons. The molecule has 0 unspecified atom stereocenters. The molecule has 0 spiro atoms. The quantitative estimate of drug-likeness (QED) is 0.137. The van der Waals surface area contributed by atoms with Crippen LogP contribution in [0, 0.1) is 13.8 Å². The number of benzene rings is 7. The first-order valence-corrected chi connectivity index (χ1v) is 17.0. The Balaban J connectivity index is 0.00000104. The maximum absolute atomic E-state index is 3.36. The summed E-state index contributed by atoms with van der Waals surface area (Å²) in [6, 6.07) is 51.2. The summed E-state index contributed by atoms with van der Waals surface area (Å²) in [5.41, 5.74) is 11.5. The number of hydrogen-bond donors (Lipinski definition) is 0. The van der Waals surface area contributed by atoms with Gasteiger partial charge in [-0.2, -0.15) is 0 Å². The lowest BCUT2D eigenvalue weighted by molar-refractivity contribution is 1.19. The fourth-order valence-corrected chi connectivity index (χ4v) is 8.64. The standard InChI is InChI=1S/C42H29NS.C3H6/c1-26-12-3-4-13-30(26)32-20-11-19-31(27(32)2)28-22-24-29(25-23-28)43-38-21-10-9-18-37(38)42-40(43)39-35-16-7-5-14-33(35)34-15-6-8-17-36(34)41(39)44-42;1-3-2/h3-25H,1-2H3;3H,1H2,2H3. The summed E-state index contributed by atoms with van der Waals surface area (Å²) in [7, 11) is 0. The fraction of sp³-hybridized carbons (Fsp3) is 0.0667. The predicted molar refractivity (Wildman–Crippen MR) is 207 cm³/mol. The van der Waals surface area contributed by atoms with Crippen LogP contribution in [0.2, 0.25) is 0 Å². The first-order chi connectivity index (χ1) is 23.1. The van der Waals surface area contributed by atoms with E-state index in [4.69, 9.17) is 0 Å². The van der Waals surface area contributed by atoms with E-state index in [2.05, 4.69) is 165 Å². The number of hydrogen-bond acceptors (Lipinski definition) is 1. The highest BCUT2D eigenvalue weighted by molar-refractivity contribution is 7.27. The van der Waals surface area contributed by atoms with E-state index in [1.165, 1.54) is 91.8 Å². The molecule has 9 rings (SSSR count). The highest BCUT2D eigenvalue weighted by atomic mass is 32.1. The average Bonchev–Trinajstić information content (AvgIpc) is 3.65. The Morgan fingerprint density at radius 1 is 0.532 bits per heavy atom. The molecule has 0 radical (unpaired) electrons. The molecule has 7 aromatic carbocycles. The zero-order chi connectivity index (χ0) is 32.1. The number of rotatable bonds is 3. The van der Waals surface area contributed by atoms with E-state index in [0.29, 0.717) is 0 Å². The van der Waals surface area contributed by atoms with Crippen LogP contribution in [0.5, 0.6) is 0 Å². The first kappa shape index (κ1) is 29.0. The summed E-state index contributed by atoms with van der Waals surface area (Å²) in [6.07, 6.45) is 1.75. The smallest absolute Gasteiger partial charge is 0.0734 e. The van der Waals surface area contributed by atoms with Crippen molar-refractivity contribution < 1.29 is 0 Å². The molecule has 0 saturated heterocycles. The van der Waals surface area contributed by atoms with Crippen LogP contribution < -0.4 is 0 Å². The van der Waals surface area contributed by atoms with E-state index in [0.717, 1.165) is 0 Å². The van der Waals surface area contributed by atoms with Crippen molar-refractivity contribution in [2.45, 2.75) is 20.8 Å². The van der Waals surface area contributed by atoms with Crippen LogP contribution in [-0.2, 0) is 0 Å². The topological polar surface area (TPSA) is 4.93 Å². The number of allylic oxidation sites excluding steroid dienone is 1. The molecule has 0 aliphatic heterocycles. The fourth-order valence-electron chi connectivity index (χ4n) is 7.26. The molecule has 0 aliphatic rings. The summed E-state index contributed by atoms with van der Waals surface area (Å²) < 4.78 is 5.21. The highest BCUT2D eigenvalue weighted by Gasteiger charge is 2.21. The molecular weight excluding hydrogens is 587 g/mol. The van der Waals surface area contributed by atoms with Crippen LogP contribution in [-0.4, -0.2) is 4.57 Å². The van der Waals surface area contributed by atoms with E-state index in [-0.39, 0.29) is 0 Å². The molecule has 2 heteroatoms. The van der Waals surface area contributed by atoms with Gasteiger partial charge in [-0.1, -0.05) is 127 Å². The average molecular weight is 622 g/mol. The maximum atomic E-state index is 3.36. The van der Waals surface area contributed by atoms with Crippen LogP contribution in [0.25, 0.3) is 80.7 Å². The Bertz CT molecular complexity index is 2610. The van der Waals surface area contributed by atoms with Crippen molar-refractivity contribution in [1.82, 2.24) is 4.57 Å². The predicted octanol–water partition coefficient (Wildman–Crippen LogP) is 13.4. The summed E-state index contributed by atoms with van der Waals surface area (Å²) in [6.45, 7) is 9.69. The number of aryl methyl sites for hydroxylation is 1. The molecule has 0 fully saturated rings. The van der Waals surface area contributed by atoms with E-state index < -0.39 is 0 Å². The van der Waals surface area contributed by atoms with Crippen molar-refractivity contribution >= 4 is 64.1 Å². The second kappa shape index (κ2) is 11.7. The zero-order valence-electron chi connectivity index (χ0n) is 26.9. The summed E-state index contributed by atoms with van der Waals surface area (Å²) >= 11 is 1.93. The van der Waals surface area contributed by atoms with E-state index in [1.807, 2.05) is 18.3 Å². The van der Waals surface area contributed by atoms with Crippen LogP contribution in [0.4, 0.5) is 0 Å². The van der Waals surface area contributed by atoms with Gasteiger partial charge in [0.2, 0.25) is 0 Å². The number of aromatic nitrogens is 1. The van der Waals surface area contributed by atoms with Gasteiger partial charge in [-0.3, -0.25) is 0 Å². The van der Waals surface area contributed by atoms with Gasteiger partial charge in [0.15, 0.2) is 0 Å². The molecule has 0 saturated carbocycles. The largest absolute Gasteiger partial charge is 0.308 e. The second-order valence-electron chi connectivity index (χ2n) is 12.2. The van der Waals surface area contributed by atoms with Gasteiger partial charge in [0.1, 0.15) is 0 Å². The molecule has 0 atom stereocenters. The first-order valence-electron chi connectivity index (χ1n) is 16.2. The molecule has 2 heterocycles. The summed E-state index contributed by atoms with van der Waals surface area (Å²) in [4.78, 5) is 0. The molecule has 0 amide bonds. The molecule has 1 nitrogen and oxygen atoms in total. The molecule has 47 heavy (non-hydrogen) atoms. The number of para-hydroxylation sites is 1. The van der Waals surface area contributed by atoms with Gasteiger partial charge in [0.25, 0.3) is 0 Å². The molecule has 9 aromatic rings. The SMILES string of the molecule is C=CC.Cc1ccccc1-c1cccc(-c2ccc(-n3c4ccccc4c4sc5c6ccccc6c6ccccc6c5c43)cc2)c1C. The normalized spacial score (nSPS) is 11.4. The van der Waals surface area contributed by atoms with Crippen LogP contribution >= 0.6 is 11.3 Å². The summed E-state index contributed by atoms with van der Waals surface area (Å²) in [5, 5.41) is 7.94. The van der Waals surface area contributed by atoms with E-state index in [1.54, 1.807) is 6.08 Å². The molecular formula is C45H35NS. The monoisotopic (exact) mass is 621 g/mol. The lowest BCUT2D eigenvalue weighted by atomic mass is 9.91. The second-order valence-corrected chi connectivity index (χ2v) is 13.2. The van der Waals surface area contributed by atoms with Crippen molar-refractivity contribution in [3.8, 4) is 27.9 Å². The Morgan fingerprint density at radius 2 is 1.09 bits per heavy atom. The third-order valence-corrected chi connectivity index (χ3v) is 10.6. The number of nitrogens with zero attached hydrogens (tertiary/aromatic N) is 1. The Kier molecular flexibility index (Phi) is 7.24.